The lowest BCUT2D eigenvalue weighted by Gasteiger charge is -2.24. The van der Waals surface area contributed by atoms with Gasteiger partial charge in [0.15, 0.2) is 5.78 Å². The van der Waals surface area contributed by atoms with E-state index in [9.17, 15) is 4.79 Å². The topological polar surface area (TPSA) is 38.3 Å². The number of aryl methyl sites for hydroxylation is 1. The van der Waals surface area contributed by atoms with Crippen molar-refractivity contribution in [2.75, 3.05) is 14.2 Å². The van der Waals surface area contributed by atoms with Crippen LogP contribution in [0.25, 0.3) is 0 Å². The van der Waals surface area contributed by atoms with Gasteiger partial charge in [-0.1, -0.05) is 11.6 Å². The normalized spacial score (nSPS) is 11.4. The van der Waals surface area contributed by atoms with Crippen LogP contribution < -0.4 is 10.1 Å². The fraction of sp³-hybridized carbons (Fsp3) is 0.462. The highest BCUT2D eigenvalue weighted by molar-refractivity contribution is 6.31. The third-order valence-corrected chi connectivity index (χ3v) is 3.10. The Morgan fingerprint density at radius 1 is 1.41 bits per heavy atom. The summed E-state index contributed by atoms with van der Waals surface area (Å²) < 4.78 is 5.28. The molecule has 0 bridgehead atoms. The van der Waals surface area contributed by atoms with Crippen molar-refractivity contribution < 1.29 is 9.53 Å². The zero-order valence-electron chi connectivity index (χ0n) is 10.8. The number of ketones is 1. The zero-order chi connectivity index (χ0) is 13.2. The van der Waals surface area contributed by atoms with Crippen LogP contribution in [0.1, 0.15) is 29.8 Å². The molecule has 0 aromatic heterocycles. The van der Waals surface area contributed by atoms with E-state index >= 15 is 0 Å². The molecular weight excluding hydrogens is 238 g/mol. The second kappa shape index (κ2) is 5.07. The molecule has 0 radical (unpaired) electrons. The van der Waals surface area contributed by atoms with Crippen molar-refractivity contribution in [3.63, 3.8) is 0 Å². The Bertz CT molecular complexity index is 441. The van der Waals surface area contributed by atoms with Gasteiger partial charge in [-0.2, -0.15) is 0 Å². The second-order valence-electron chi connectivity index (χ2n) is 4.51. The summed E-state index contributed by atoms with van der Waals surface area (Å²) in [6.07, 6.45) is 0. The van der Waals surface area contributed by atoms with Gasteiger partial charge in [0.1, 0.15) is 5.75 Å². The number of hydrogen-bond acceptors (Lipinski definition) is 3. The van der Waals surface area contributed by atoms with Gasteiger partial charge in [-0.05, 0) is 45.5 Å². The van der Waals surface area contributed by atoms with Gasteiger partial charge in [-0.3, -0.25) is 4.79 Å². The van der Waals surface area contributed by atoms with Crippen molar-refractivity contribution in [3.8, 4) is 5.75 Å². The van der Waals surface area contributed by atoms with Crippen molar-refractivity contribution in [2.45, 2.75) is 26.3 Å². The highest BCUT2D eigenvalue weighted by Crippen LogP contribution is 2.30. The van der Waals surface area contributed by atoms with E-state index in [-0.39, 0.29) is 5.78 Å². The third kappa shape index (κ3) is 2.79. The van der Waals surface area contributed by atoms with Crippen LogP contribution in [-0.2, 0) is 0 Å². The van der Waals surface area contributed by atoms with Crippen LogP contribution in [-0.4, -0.2) is 25.5 Å². The number of likely N-dealkylation sites (N-methyl/N-ethyl adjacent to an activating group) is 1. The Labute approximate surface area is 107 Å². The Kier molecular flexibility index (Phi) is 4.17. The molecule has 1 rings (SSSR count). The van der Waals surface area contributed by atoms with Gasteiger partial charge in [-0.25, -0.2) is 0 Å². The molecule has 0 spiro atoms. The van der Waals surface area contributed by atoms with Crippen molar-refractivity contribution >= 4 is 17.4 Å². The van der Waals surface area contributed by atoms with Crippen molar-refractivity contribution in [2.24, 2.45) is 0 Å². The summed E-state index contributed by atoms with van der Waals surface area (Å²) in [5, 5.41) is 3.52. The molecule has 1 N–H and O–H groups in total. The Hall–Kier alpha value is -1.06. The molecule has 3 nitrogen and oxygen atoms in total. The molecule has 0 heterocycles. The minimum atomic E-state index is -0.648. The fourth-order valence-corrected chi connectivity index (χ4v) is 1.89. The molecule has 0 aliphatic rings. The maximum absolute atomic E-state index is 12.4. The minimum Gasteiger partial charge on any atom is -0.496 e. The summed E-state index contributed by atoms with van der Waals surface area (Å²) >= 11 is 5.99. The van der Waals surface area contributed by atoms with Crippen LogP contribution in [0.4, 0.5) is 0 Å². The molecule has 1 aromatic rings. The van der Waals surface area contributed by atoms with Gasteiger partial charge < -0.3 is 10.1 Å². The first-order valence-electron chi connectivity index (χ1n) is 5.41. The molecule has 0 aliphatic carbocycles. The highest BCUT2D eigenvalue weighted by Gasteiger charge is 2.29. The monoisotopic (exact) mass is 255 g/mol. The molecule has 0 saturated heterocycles. The molecule has 0 atom stereocenters. The van der Waals surface area contributed by atoms with E-state index in [2.05, 4.69) is 5.32 Å². The summed E-state index contributed by atoms with van der Waals surface area (Å²) in [7, 11) is 3.31. The maximum Gasteiger partial charge on any atom is 0.186 e. The number of hydrogen-bond donors (Lipinski definition) is 1. The van der Waals surface area contributed by atoms with Gasteiger partial charge >= 0.3 is 0 Å². The fourth-order valence-electron chi connectivity index (χ4n) is 1.62. The Balaban J connectivity index is 3.35. The zero-order valence-corrected chi connectivity index (χ0v) is 11.6. The molecule has 94 valence electrons. The lowest BCUT2D eigenvalue weighted by molar-refractivity contribution is 0.0886. The summed E-state index contributed by atoms with van der Waals surface area (Å²) in [6.45, 7) is 5.52. The van der Waals surface area contributed by atoms with E-state index in [1.165, 1.54) is 0 Å². The van der Waals surface area contributed by atoms with Gasteiger partial charge in [0, 0.05) is 5.02 Å². The number of carbonyl (C=O) groups is 1. The number of carbonyl (C=O) groups excluding carboxylic acids is 1. The standard InChI is InChI=1S/C13H18ClNO2/c1-8-6-9(14)7-10(11(8)17-5)12(16)13(2,3)15-4/h6-7,15H,1-5H3. The van der Waals surface area contributed by atoms with E-state index < -0.39 is 5.54 Å². The smallest absolute Gasteiger partial charge is 0.186 e. The first kappa shape index (κ1) is 14.0. The maximum atomic E-state index is 12.4. The van der Waals surface area contributed by atoms with Gasteiger partial charge in [0.25, 0.3) is 0 Å². The first-order valence-corrected chi connectivity index (χ1v) is 5.79. The van der Waals surface area contributed by atoms with Crippen LogP contribution >= 0.6 is 11.6 Å². The third-order valence-electron chi connectivity index (χ3n) is 2.88. The summed E-state index contributed by atoms with van der Waals surface area (Å²) in [5.41, 5.74) is 0.719. The highest BCUT2D eigenvalue weighted by atomic mass is 35.5. The van der Waals surface area contributed by atoms with E-state index in [4.69, 9.17) is 16.3 Å². The van der Waals surface area contributed by atoms with Crippen LogP contribution in [0, 0.1) is 6.92 Å². The SMILES string of the molecule is CNC(C)(C)C(=O)c1cc(Cl)cc(C)c1OC. The lowest BCUT2D eigenvalue weighted by Crippen LogP contribution is -2.44. The minimum absolute atomic E-state index is 0.0394. The summed E-state index contributed by atoms with van der Waals surface area (Å²) in [6, 6.07) is 3.43. The Morgan fingerprint density at radius 2 is 2.00 bits per heavy atom. The molecule has 0 unspecified atom stereocenters. The van der Waals surface area contributed by atoms with E-state index in [0.29, 0.717) is 16.3 Å². The predicted molar refractivity (Wildman–Crippen MR) is 70.2 cm³/mol. The summed E-state index contributed by atoms with van der Waals surface area (Å²) in [4.78, 5) is 12.4. The van der Waals surface area contributed by atoms with Gasteiger partial charge in [0.05, 0.1) is 18.2 Å². The number of methoxy groups -OCH3 is 1. The number of halogens is 1. The van der Waals surface area contributed by atoms with E-state index in [1.54, 1.807) is 26.3 Å². The molecule has 4 heteroatoms. The molecule has 0 aliphatic heterocycles. The van der Waals surface area contributed by atoms with Crippen molar-refractivity contribution in [3.05, 3.63) is 28.3 Å². The molecule has 17 heavy (non-hydrogen) atoms. The lowest BCUT2D eigenvalue weighted by atomic mass is 9.92. The number of Topliss-reactive ketones (excluding diaryl/α,β-unsaturated/α-hetero) is 1. The predicted octanol–water partition coefficient (Wildman–Crippen LogP) is 2.84. The largest absolute Gasteiger partial charge is 0.496 e. The molecule has 0 amide bonds. The van der Waals surface area contributed by atoms with Crippen molar-refractivity contribution in [1.82, 2.24) is 5.32 Å². The number of nitrogens with one attached hydrogen (secondary N) is 1. The van der Waals surface area contributed by atoms with Crippen LogP contribution in [0.2, 0.25) is 5.02 Å². The Morgan fingerprint density at radius 3 is 2.47 bits per heavy atom. The van der Waals surface area contributed by atoms with Crippen LogP contribution in [0.15, 0.2) is 12.1 Å². The van der Waals surface area contributed by atoms with Crippen LogP contribution in [0.5, 0.6) is 5.75 Å². The quantitative estimate of drug-likeness (QED) is 0.841. The van der Waals surface area contributed by atoms with E-state index in [1.807, 2.05) is 20.8 Å². The molecular formula is C13H18ClNO2. The number of benzene rings is 1. The van der Waals surface area contributed by atoms with E-state index in [0.717, 1.165) is 5.56 Å². The molecule has 0 fully saturated rings. The van der Waals surface area contributed by atoms with Gasteiger partial charge in [-0.15, -0.1) is 0 Å². The number of ether oxygens (including phenoxy) is 1. The molecule has 1 aromatic carbocycles. The van der Waals surface area contributed by atoms with Crippen molar-refractivity contribution in [1.29, 1.82) is 0 Å². The van der Waals surface area contributed by atoms with Gasteiger partial charge in [0.2, 0.25) is 0 Å². The summed E-state index contributed by atoms with van der Waals surface area (Å²) in [5.74, 6) is 0.546. The molecule has 0 saturated carbocycles. The average molecular weight is 256 g/mol. The first-order chi connectivity index (χ1) is 7.83. The average Bonchev–Trinajstić information content (AvgIpc) is 2.27. The second-order valence-corrected chi connectivity index (χ2v) is 4.94. The van der Waals surface area contributed by atoms with Crippen LogP contribution in [0.3, 0.4) is 0 Å². The number of rotatable bonds is 4.